The molecule has 7 heteroatoms. The molecule has 1 heterocycles. The molecule has 2 rings (SSSR count). The fourth-order valence-corrected chi connectivity index (χ4v) is 3.57. The van der Waals surface area contributed by atoms with E-state index in [2.05, 4.69) is 4.98 Å². The Morgan fingerprint density at radius 3 is 2.74 bits per heavy atom. The molecule has 0 aliphatic rings. The highest BCUT2D eigenvalue weighted by molar-refractivity contribution is 7.90. The fourth-order valence-electron chi connectivity index (χ4n) is 1.56. The molecule has 2 aromatic rings. The predicted molar refractivity (Wildman–Crippen MR) is 72.6 cm³/mol. The van der Waals surface area contributed by atoms with Gasteiger partial charge in [0.15, 0.2) is 21.4 Å². The highest BCUT2D eigenvalue weighted by Gasteiger charge is 2.11. The SMILES string of the molecule is COc1ccc(-c2csc(CS(C)(=O)=O)n2)cc1F. The molecule has 0 saturated heterocycles. The summed E-state index contributed by atoms with van der Waals surface area (Å²) in [6, 6.07) is 4.51. The van der Waals surface area contributed by atoms with E-state index in [4.69, 9.17) is 4.74 Å². The topological polar surface area (TPSA) is 56.3 Å². The number of nitrogens with zero attached hydrogens (tertiary/aromatic N) is 1. The van der Waals surface area contributed by atoms with Crippen molar-refractivity contribution in [3.63, 3.8) is 0 Å². The first-order valence-corrected chi connectivity index (χ1v) is 8.29. The Labute approximate surface area is 114 Å². The van der Waals surface area contributed by atoms with Crippen molar-refractivity contribution in [3.8, 4) is 17.0 Å². The summed E-state index contributed by atoms with van der Waals surface area (Å²) in [5.41, 5.74) is 1.15. The molecule has 0 unspecified atom stereocenters. The number of sulfone groups is 1. The zero-order valence-corrected chi connectivity index (χ0v) is 12.0. The maximum Gasteiger partial charge on any atom is 0.165 e. The van der Waals surface area contributed by atoms with Crippen LogP contribution in [0.4, 0.5) is 4.39 Å². The molecule has 1 aromatic carbocycles. The lowest BCUT2D eigenvalue weighted by Gasteiger charge is -2.02. The lowest BCUT2D eigenvalue weighted by Crippen LogP contribution is -1.99. The van der Waals surface area contributed by atoms with E-state index >= 15 is 0 Å². The molecule has 102 valence electrons. The number of rotatable bonds is 4. The van der Waals surface area contributed by atoms with Crippen LogP contribution in [0.3, 0.4) is 0 Å². The van der Waals surface area contributed by atoms with Gasteiger partial charge in [-0.3, -0.25) is 0 Å². The molecular weight excluding hydrogens is 289 g/mol. The van der Waals surface area contributed by atoms with Crippen LogP contribution in [0.5, 0.6) is 5.75 Å². The highest BCUT2D eigenvalue weighted by Crippen LogP contribution is 2.27. The summed E-state index contributed by atoms with van der Waals surface area (Å²) < 4.78 is 40.8. The molecule has 19 heavy (non-hydrogen) atoms. The van der Waals surface area contributed by atoms with Crippen LogP contribution in [0.2, 0.25) is 0 Å². The van der Waals surface area contributed by atoms with E-state index in [0.717, 1.165) is 6.26 Å². The molecule has 0 spiro atoms. The minimum Gasteiger partial charge on any atom is -0.494 e. The molecule has 4 nitrogen and oxygen atoms in total. The third kappa shape index (κ3) is 3.51. The van der Waals surface area contributed by atoms with Gasteiger partial charge in [0.25, 0.3) is 0 Å². The van der Waals surface area contributed by atoms with E-state index in [-0.39, 0.29) is 11.5 Å². The van der Waals surface area contributed by atoms with Crippen molar-refractivity contribution in [2.45, 2.75) is 5.75 Å². The van der Waals surface area contributed by atoms with Crippen LogP contribution in [0.15, 0.2) is 23.6 Å². The summed E-state index contributed by atoms with van der Waals surface area (Å²) in [5.74, 6) is -0.413. The Balaban J connectivity index is 2.30. The number of methoxy groups -OCH3 is 1. The van der Waals surface area contributed by atoms with Crippen LogP contribution < -0.4 is 4.74 Å². The number of thiazole rings is 1. The van der Waals surface area contributed by atoms with Gasteiger partial charge in [0.1, 0.15) is 10.8 Å². The maximum atomic E-state index is 13.6. The molecule has 0 amide bonds. The third-order valence-electron chi connectivity index (χ3n) is 2.38. The number of benzene rings is 1. The zero-order chi connectivity index (χ0) is 14.0. The Kier molecular flexibility index (Phi) is 3.86. The summed E-state index contributed by atoms with van der Waals surface area (Å²) in [6.07, 6.45) is 1.15. The lowest BCUT2D eigenvalue weighted by atomic mass is 10.1. The van der Waals surface area contributed by atoms with E-state index in [0.29, 0.717) is 16.3 Å². The molecular formula is C12H12FNO3S2. The van der Waals surface area contributed by atoms with Gasteiger partial charge in [0.2, 0.25) is 0 Å². The van der Waals surface area contributed by atoms with E-state index in [1.54, 1.807) is 11.4 Å². The van der Waals surface area contributed by atoms with Crippen LogP contribution in [0.1, 0.15) is 5.01 Å². The average Bonchev–Trinajstić information content (AvgIpc) is 2.75. The largest absolute Gasteiger partial charge is 0.494 e. The Hall–Kier alpha value is -1.47. The van der Waals surface area contributed by atoms with E-state index in [1.165, 1.54) is 30.6 Å². The summed E-state index contributed by atoms with van der Waals surface area (Å²) in [6.45, 7) is 0. The van der Waals surface area contributed by atoms with Crippen molar-refractivity contribution in [2.24, 2.45) is 0 Å². The number of hydrogen-bond acceptors (Lipinski definition) is 5. The second-order valence-corrected chi connectivity index (χ2v) is 7.13. The summed E-state index contributed by atoms with van der Waals surface area (Å²) in [4.78, 5) is 4.19. The van der Waals surface area contributed by atoms with Crippen LogP contribution in [-0.4, -0.2) is 26.8 Å². The van der Waals surface area contributed by atoms with Crippen molar-refractivity contribution in [1.82, 2.24) is 4.98 Å². The molecule has 0 saturated carbocycles. The standard InChI is InChI=1S/C12H12FNO3S2/c1-17-11-4-3-8(5-9(11)13)10-6-18-12(14-10)7-19(2,15)16/h3-6H,7H2,1-2H3. The first-order valence-electron chi connectivity index (χ1n) is 5.35. The highest BCUT2D eigenvalue weighted by atomic mass is 32.2. The number of ether oxygens (including phenoxy) is 1. The van der Waals surface area contributed by atoms with Crippen molar-refractivity contribution in [1.29, 1.82) is 0 Å². The summed E-state index contributed by atoms with van der Waals surface area (Å²) in [7, 11) is -1.72. The van der Waals surface area contributed by atoms with Gasteiger partial charge in [0, 0.05) is 17.2 Å². The summed E-state index contributed by atoms with van der Waals surface area (Å²) in [5, 5.41) is 2.20. The number of hydrogen-bond donors (Lipinski definition) is 0. The quantitative estimate of drug-likeness (QED) is 0.870. The minimum absolute atomic E-state index is 0.101. The molecule has 0 atom stereocenters. The monoisotopic (exact) mass is 301 g/mol. The van der Waals surface area contributed by atoms with Crippen molar-refractivity contribution in [2.75, 3.05) is 13.4 Å². The Bertz CT molecular complexity index is 695. The first kappa shape index (κ1) is 14.0. The van der Waals surface area contributed by atoms with Gasteiger partial charge >= 0.3 is 0 Å². The Morgan fingerprint density at radius 1 is 1.42 bits per heavy atom. The zero-order valence-electron chi connectivity index (χ0n) is 10.4. The van der Waals surface area contributed by atoms with Gasteiger partial charge in [-0.15, -0.1) is 11.3 Å². The van der Waals surface area contributed by atoms with Gasteiger partial charge in [-0.25, -0.2) is 17.8 Å². The van der Waals surface area contributed by atoms with Crippen LogP contribution in [-0.2, 0) is 15.6 Å². The van der Waals surface area contributed by atoms with E-state index in [9.17, 15) is 12.8 Å². The van der Waals surface area contributed by atoms with Gasteiger partial charge in [-0.1, -0.05) is 0 Å². The molecule has 0 N–H and O–H groups in total. The average molecular weight is 301 g/mol. The molecule has 0 fully saturated rings. The van der Waals surface area contributed by atoms with Gasteiger partial charge in [0.05, 0.1) is 12.8 Å². The van der Waals surface area contributed by atoms with Gasteiger partial charge in [-0.2, -0.15) is 0 Å². The lowest BCUT2D eigenvalue weighted by molar-refractivity contribution is 0.386. The summed E-state index contributed by atoms with van der Waals surface area (Å²) >= 11 is 1.24. The second-order valence-electron chi connectivity index (χ2n) is 4.05. The Morgan fingerprint density at radius 2 is 2.16 bits per heavy atom. The molecule has 0 bridgehead atoms. The van der Waals surface area contributed by atoms with Crippen molar-refractivity contribution in [3.05, 3.63) is 34.4 Å². The van der Waals surface area contributed by atoms with E-state index in [1.807, 2.05) is 0 Å². The predicted octanol–water partition coefficient (Wildman–Crippen LogP) is 2.50. The second kappa shape index (κ2) is 5.26. The van der Waals surface area contributed by atoms with Gasteiger partial charge in [-0.05, 0) is 18.2 Å². The normalized spacial score (nSPS) is 11.5. The number of aromatic nitrogens is 1. The van der Waals surface area contributed by atoms with Crippen LogP contribution in [0, 0.1) is 5.82 Å². The van der Waals surface area contributed by atoms with Crippen LogP contribution >= 0.6 is 11.3 Å². The third-order valence-corrected chi connectivity index (χ3v) is 4.21. The van der Waals surface area contributed by atoms with Gasteiger partial charge < -0.3 is 4.74 Å². The van der Waals surface area contributed by atoms with E-state index < -0.39 is 15.7 Å². The molecule has 0 aliphatic carbocycles. The van der Waals surface area contributed by atoms with Crippen molar-refractivity contribution < 1.29 is 17.5 Å². The van der Waals surface area contributed by atoms with Crippen LogP contribution in [0.25, 0.3) is 11.3 Å². The smallest absolute Gasteiger partial charge is 0.165 e. The molecule has 0 aliphatic heterocycles. The van der Waals surface area contributed by atoms with Crippen molar-refractivity contribution >= 4 is 21.2 Å². The fraction of sp³-hybridized carbons (Fsp3) is 0.250. The molecule has 1 aromatic heterocycles. The first-order chi connectivity index (χ1) is 8.89. The molecule has 0 radical (unpaired) electrons. The number of halogens is 1. The maximum absolute atomic E-state index is 13.6. The minimum atomic E-state index is -3.11.